The molecule has 0 spiro atoms. The van der Waals surface area contributed by atoms with Crippen LogP contribution in [0.25, 0.3) is 0 Å². The van der Waals surface area contributed by atoms with Crippen LogP contribution in [-0.2, 0) is 11.3 Å². The zero-order chi connectivity index (χ0) is 10.6. The molecule has 0 N–H and O–H groups in total. The molecule has 0 aromatic heterocycles. The van der Waals surface area contributed by atoms with Crippen LogP contribution in [0.5, 0.6) is 0 Å². The number of aryl methyl sites for hydroxylation is 1. The molecule has 0 aliphatic heterocycles. The molecule has 0 fully saturated rings. The van der Waals surface area contributed by atoms with Gasteiger partial charge in [0, 0.05) is 12.6 Å². The molecule has 2 heteroatoms. The Morgan fingerprint density at radius 3 is 2.29 bits per heavy atom. The van der Waals surface area contributed by atoms with Crippen LogP contribution in [0, 0.1) is 6.92 Å². The molecule has 0 aliphatic rings. The first-order chi connectivity index (χ1) is 6.63. The lowest BCUT2D eigenvalue weighted by molar-refractivity contribution is -0.120. The lowest BCUT2D eigenvalue weighted by Gasteiger charge is -2.21. The average Bonchev–Trinajstić information content (AvgIpc) is 2.16. The third-order valence-corrected chi connectivity index (χ3v) is 2.28. The van der Waals surface area contributed by atoms with E-state index in [2.05, 4.69) is 31.2 Å². The van der Waals surface area contributed by atoms with Gasteiger partial charge in [-0.05, 0) is 26.3 Å². The Hall–Kier alpha value is -1.31. The van der Waals surface area contributed by atoms with Crippen molar-refractivity contribution in [3.63, 3.8) is 0 Å². The molecule has 76 valence electrons. The summed E-state index contributed by atoms with van der Waals surface area (Å²) < 4.78 is 0. The van der Waals surface area contributed by atoms with E-state index in [0.29, 0.717) is 6.54 Å². The second-order valence-electron chi connectivity index (χ2n) is 3.86. The van der Waals surface area contributed by atoms with Crippen LogP contribution in [0.15, 0.2) is 24.3 Å². The Labute approximate surface area is 85.5 Å². The van der Waals surface area contributed by atoms with Gasteiger partial charge >= 0.3 is 0 Å². The predicted octanol–water partition coefficient (Wildman–Crippen LogP) is 2.36. The predicted molar refractivity (Wildman–Crippen MR) is 57.9 cm³/mol. The van der Waals surface area contributed by atoms with Crippen LogP contribution in [-0.4, -0.2) is 17.4 Å². The van der Waals surface area contributed by atoms with Gasteiger partial charge in [-0.3, -0.25) is 4.79 Å². The molecule has 0 radical (unpaired) electrons. The van der Waals surface area contributed by atoms with Crippen LogP contribution < -0.4 is 0 Å². The minimum Gasteiger partial charge on any atom is -0.339 e. The summed E-state index contributed by atoms with van der Waals surface area (Å²) in [5.74, 6) is 0. The zero-order valence-electron chi connectivity index (χ0n) is 9.03. The smallest absolute Gasteiger partial charge is 0.210 e. The summed E-state index contributed by atoms with van der Waals surface area (Å²) in [6, 6.07) is 8.52. The summed E-state index contributed by atoms with van der Waals surface area (Å²) >= 11 is 0. The third kappa shape index (κ3) is 2.87. The number of benzene rings is 1. The van der Waals surface area contributed by atoms with Crippen LogP contribution in [0.3, 0.4) is 0 Å². The molecule has 1 rings (SSSR count). The minimum absolute atomic E-state index is 0.258. The first-order valence-electron chi connectivity index (χ1n) is 4.90. The highest BCUT2D eigenvalue weighted by Gasteiger charge is 2.06. The van der Waals surface area contributed by atoms with Crippen LogP contribution in [0.1, 0.15) is 25.0 Å². The molecule has 1 amide bonds. The van der Waals surface area contributed by atoms with Gasteiger partial charge in [-0.15, -0.1) is 0 Å². The van der Waals surface area contributed by atoms with E-state index in [1.54, 1.807) is 4.90 Å². The highest BCUT2D eigenvalue weighted by atomic mass is 16.1. The van der Waals surface area contributed by atoms with Gasteiger partial charge in [0.15, 0.2) is 0 Å². The maximum Gasteiger partial charge on any atom is 0.210 e. The number of amides is 1. The molecular formula is C12H17NO. The van der Waals surface area contributed by atoms with Crippen molar-refractivity contribution in [2.75, 3.05) is 0 Å². The van der Waals surface area contributed by atoms with Gasteiger partial charge in [0.2, 0.25) is 6.41 Å². The first kappa shape index (κ1) is 10.8. The Balaban J connectivity index is 2.67. The number of carbonyl (C=O) groups is 1. The molecule has 0 heterocycles. The maximum absolute atomic E-state index is 10.7. The van der Waals surface area contributed by atoms with E-state index < -0.39 is 0 Å². The van der Waals surface area contributed by atoms with Gasteiger partial charge in [-0.25, -0.2) is 0 Å². The van der Waals surface area contributed by atoms with Crippen LogP contribution in [0.2, 0.25) is 0 Å². The summed E-state index contributed by atoms with van der Waals surface area (Å²) in [5.41, 5.74) is 2.42. The summed E-state index contributed by atoms with van der Waals surface area (Å²) in [5, 5.41) is 0. The number of carbonyl (C=O) groups excluding carboxylic acids is 1. The monoisotopic (exact) mass is 191 g/mol. The lowest BCUT2D eigenvalue weighted by Crippen LogP contribution is -2.28. The molecule has 2 nitrogen and oxygen atoms in total. The van der Waals surface area contributed by atoms with Crippen molar-refractivity contribution in [3.8, 4) is 0 Å². The topological polar surface area (TPSA) is 20.3 Å². The maximum atomic E-state index is 10.7. The minimum atomic E-state index is 0.258. The van der Waals surface area contributed by atoms with Crippen molar-refractivity contribution in [3.05, 3.63) is 35.4 Å². The van der Waals surface area contributed by atoms with Gasteiger partial charge in [-0.1, -0.05) is 29.8 Å². The fourth-order valence-electron chi connectivity index (χ4n) is 1.25. The molecule has 0 saturated heterocycles. The standard InChI is InChI=1S/C12H17NO/c1-10(2)13(9-14)8-12-6-4-11(3)5-7-12/h4-7,9-10H,8H2,1-3H3. The summed E-state index contributed by atoms with van der Waals surface area (Å²) in [7, 11) is 0. The fourth-order valence-corrected chi connectivity index (χ4v) is 1.25. The van der Waals surface area contributed by atoms with E-state index in [1.165, 1.54) is 11.1 Å². The number of rotatable bonds is 4. The SMILES string of the molecule is Cc1ccc(CN(C=O)C(C)C)cc1. The second-order valence-corrected chi connectivity index (χ2v) is 3.86. The average molecular weight is 191 g/mol. The molecule has 1 aromatic rings. The van der Waals surface area contributed by atoms with E-state index in [4.69, 9.17) is 0 Å². The number of hydrogen-bond acceptors (Lipinski definition) is 1. The highest BCUT2D eigenvalue weighted by molar-refractivity contribution is 5.48. The van der Waals surface area contributed by atoms with Crippen molar-refractivity contribution in [1.82, 2.24) is 4.90 Å². The van der Waals surface area contributed by atoms with Crippen molar-refractivity contribution in [1.29, 1.82) is 0 Å². The van der Waals surface area contributed by atoms with Gasteiger partial charge in [0.25, 0.3) is 0 Å². The van der Waals surface area contributed by atoms with Crippen molar-refractivity contribution in [2.24, 2.45) is 0 Å². The van der Waals surface area contributed by atoms with Crippen molar-refractivity contribution >= 4 is 6.41 Å². The van der Waals surface area contributed by atoms with Gasteiger partial charge in [-0.2, -0.15) is 0 Å². The largest absolute Gasteiger partial charge is 0.339 e. The quantitative estimate of drug-likeness (QED) is 0.669. The third-order valence-electron chi connectivity index (χ3n) is 2.28. The van der Waals surface area contributed by atoms with Crippen LogP contribution >= 0.6 is 0 Å². The first-order valence-corrected chi connectivity index (χ1v) is 4.90. The van der Waals surface area contributed by atoms with E-state index >= 15 is 0 Å². The summed E-state index contributed by atoms with van der Waals surface area (Å²) in [6.45, 7) is 6.79. The lowest BCUT2D eigenvalue weighted by atomic mass is 10.1. The Bertz CT molecular complexity index is 290. The molecule has 0 bridgehead atoms. The van der Waals surface area contributed by atoms with E-state index in [0.717, 1.165) is 6.41 Å². The summed E-state index contributed by atoms with van der Waals surface area (Å²) in [6.07, 6.45) is 0.907. The van der Waals surface area contributed by atoms with E-state index in [-0.39, 0.29) is 6.04 Å². The highest BCUT2D eigenvalue weighted by Crippen LogP contribution is 2.07. The second kappa shape index (κ2) is 4.80. The normalized spacial score (nSPS) is 10.3. The number of hydrogen-bond donors (Lipinski definition) is 0. The molecule has 1 aromatic carbocycles. The molecule has 0 saturated carbocycles. The Morgan fingerprint density at radius 2 is 1.86 bits per heavy atom. The van der Waals surface area contributed by atoms with Gasteiger partial charge in [0.1, 0.15) is 0 Å². The molecule has 0 atom stereocenters. The van der Waals surface area contributed by atoms with E-state index in [1.807, 2.05) is 13.8 Å². The Kier molecular flexibility index (Phi) is 3.69. The molecule has 0 aliphatic carbocycles. The van der Waals surface area contributed by atoms with E-state index in [9.17, 15) is 4.79 Å². The van der Waals surface area contributed by atoms with Gasteiger partial charge in [0.05, 0.1) is 0 Å². The van der Waals surface area contributed by atoms with Crippen LogP contribution in [0.4, 0.5) is 0 Å². The summed E-state index contributed by atoms with van der Waals surface area (Å²) in [4.78, 5) is 12.5. The Morgan fingerprint density at radius 1 is 1.29 bits per heavy atom. The molecule has 0 unspecified atom stereocenters. The fraction of sp³-hybridized carbons (Fsp3) is 0.417. The zero-order valence-corrected chi connectivity index (χ0v) is 9.03. The van der Waals surface area contributed by atoms with Crippen molar-refractivity contribution in [2.45, 2.75) is 33.4 Å². The molecule has 14 heavy (non-hydrogen) atoms. The number of nitrogens with zero attached hydrogens (tertiary/aromatic N) is 1. The molecular weight excluding hydrogens is 174 g/mol. The van der Waals surface area contributed by atoms with Gasteiger partial charge < -0.3 is 4.90 Å². The van der Waals surface area contributed by atoms with Crippen molar-refractivity contribution < 1.29 is 4.79 Å².